The Kier molecular flexibility index (Phi) is 2.13. The molecule has 3 atom stereocenters. The molecule has 3 rings (SSSR count). The summed E-state index contributed by atoms with van der Waals surface area (Å²) in [5, 5.41) is 9.62. The molecule has 0 radical (unpaired) electrons. The van der Waals surface area contributed by atoms with Crippen LogP contribution in [-0.4, -0.2) is 11.1 Å². The zero-order valence-electron chi connectivity index (χ0n) is 10.4. The van der Waals surface area contributed by atoms with Crippen LogP contribution < -0.4 is 0 Å². The third kappa shape index (κ3) is 1.24. The van der Waals surface area contributed by atoms with Gasteiger partial charge in [0.05, 0.1) is 5.41 Å². The Labute approximate surface area is 102 Å². The van der Waals surface area contributed by atoms with Crippen molar-refractivity contribution >= 4 is 5.97 Å². The first-order valence-electron chi connectivity index (χ1n) is 6.39. The zero-order chi connectivity index (χ0) is 12.2. The van der Waals surface area contributed by atoms with E-state index in [4.69, 9.17) is 0 Å². The van der Waals surface area contributed by atoms with Crippen LogP contribution in [0.2, 0.25) is 0 Å². The van der Waals surface area contributed by atoms with E-state index >= 15 is 0 Å². The van der Waals surface area contributed by atoms with Crippen molar-refractivity contribution in [3.63, 3.8) is 0 Å². The van der Waals surface area contributed by atoms with Crippen molar-refractivity contribution < 1.29 is 9.90 Å². The Balaban J connectivity index is 2.20. The minimum atomic E-state index is -0.627. The molecular weight excluding hydrogens is 212 g/mol. The van der Waals surface area contributed by atoms with E-state index in [1.807, 2.05) is 6.92 Å². The molecule has 0 aliphatic heterocycles. The smallest absolute Gasteiger partial charge is 0.310 e. The third-order valence-electron chi connectivity index (χ3n) is 5.07. The lowest BCUT2D eigenvalue weighted by Crippen LogP contribution is -2.43. The van der Waals surface area contributed by atoms with Crippen LogP contribution in [0, 0.1) is 11.3 Å². The molecular formula is C15H18O2. The van der Waals surface area contributed by atoms with Crippen molar-refractivity contribution in [1.29, 1.82) is 0 Å². The molecule has 0 saturated heterocycles. The molecule has 1 aromatic carbocycles. The largest absolute Gasteiger partial charge is 0.481 e. The molecule has 0 heterocycles. The van der Waals surface area contributed by atoms with Crippen LogP contribution in [0.5, 0.6) is 0 Å². The first-order chi connectivity index (χ1) is 8.05. The Bertz CT molecular complexity index is 492. The summed E-state index contributed by atoms with van der Waals surface area (Å²) in [7, 11) is 0. The topological polar surface area (TPSA) is 37.3 Å². The minimum absolute atomic E-state index is 0.214. The van der Waals surface area contributed by atoms with Crippen LogP contribution in [-0.2, 0) is 17.6 Å². The lowest BCUT2D eigenvalue weighted by Gasteiger charge is -2.42. The molecule has 0 amide bonds. The van der Waals surface area contributed by atoms with Gasteiger partial charge >= 0.3 is 5.97 Å². The van der Waals surface area contributed by atoms with Crippen molar-refractivity contribution in [2.75, 3.05) is 0 Å². The van der Waals surface area contributed by atoms with E-state index in [1.165, 1.54) is 16.7 Å². The number of carboxylic acids is 1. The summed E-state index contributed by atoms with van der Waals surface area (Å²) in [6.07, 6.45) is 2.95. The standard InChI is InChI=1S/C15H18O2/c1-9-8-11-5-3-4-10-6-7-12(13(10)11)15(9,2)14(16)17/h3-5,9,12H,6-8H2,1-2H3,(H,16,17). The van der Waals surface area contributed by atoms with Crippen LogP contribution in [0.15, 0.2) is 18.2 Å². The fourth-order valence-electron chi connectivity index (χ4n) is 3.80. The van der Waals surface area contributed by atoms with Crippen molar-refractivity contribution in [3.8, 4) is 0 Å². The second-order valence-corrected chi connectivity index (χ2v) is 5.77. The summed E-state index contributed by atoms with van der Waals surface area (Å²) >= 11 is 0. The molecule has 0 aromatic heterocycles. The fourth-order valence-corrected chi connectivity index (χ4v) is 3.80. The number of hydrogen-bond donors (Lipinski definition) is 1. The highest BCUT2D eigenvalue weighted by Gasteiger charge is 2.51. The molecule has 0 bridgehead atoms. The molecule has 2 heteroatoms. The Morgan fingerprint density at radius 2 is 2.12 bits per heavy atom. The third-order valence-corrected chi connectivity index (χ3v) is 5.07. The molecule has 3 unspecified atom stereocenters. The minimum Gasteiger partial charge on any atom is -0.481 e. The summed E-state index contributed by atoms with van der Waals surface area (Å²) in [5.41, 5.74) is 3.54. The van der Waals surface area contributed by atoms with Crippen LogP contribution in [0.1, 0.15) is 42.9 Å². The van der Waals surface area contributed by atoms with Gasteiger partial charge in [-0.05, 0) is 48.8 Å². The number of aryl methyl sites for hydroxylation is 1. The predicted molar refractivity (Wildman–Crippen MR) is 66.1 cm³/mol. The molecule has 2 nitrogen and oxygen atoms in total. The summed E-state index contributed by atoms with van der Waals surface area (Å²) in [6.45, 7) is 4.03. The zero-order valence-corrected chi connectivity index (χ0v) is 10.4. The van der Waals surface area contributed by atoms with Crippen LogP contribution in [0.4, 0.5) is 0 Å². The molecule has 2 aliphatic rings. The molecule has 0 spiro atoms. The number of carboxylic acid groups (broad SMARTS) is 1. The van der Waals surface area contributed by atoms with Crippen LogP contribution in [0.3, 0.4) is 0 Å². The number of carbonyl (C=O) groups is 1. The van der Waals surface area contributed by atoms with E-state index in [9.17, 15) is 9.90 Å². The van der Waals surface area contributed by atoms with Gasteiger partial charge in [-0.1, -0.05) is 25.1 Å². The molecule has 0 saturated carbocycles. The number of aliphatic carboxylic acids is 1. The van der Waals surface area contributed by atoms with E-state index in [2.05, 4.69) is 25.1 Å². The lowest BCUT2D eigenvalue weighted by atomic mass is 9.60. The van der Waals surface area contributed by atoms with E-state index in [-0.39, 0.29) is 11.8 Å². The van der Waals surface area contributed by atoms with E-state index in [1.54, 1.807) is 0 Å². The van der Waals surface area contributed by atoms with Crippen molar-refractivity contribution in [2.24, 2.45) is 11.3 Å². The van der Waals surface area contributed by atoms with Gasteiger partial charge in [0.15, 0.2) is 0 Å². The normalized spacial score (nSPS) is 34.5. The van der Waals surface area contributed by atoms with Crippen LogP contribution >= 0.6 is 0 Å². The number of hydrogen-bond acceptors (Lipinski definition) is 1. The molecule has 17 heavy (non-hydrogen) atoms. The summed E-state index contributed by atoms with van der Waals surface area (Å²) in [4.78, 5) is 11.7. The average Bonchev–Trinajstić information content (AvgIpc) is 2.71. The van der Waals surface area contributed by atoms with Crippen molar-refractivity contribution in [3.05, 3.63) is 34.9 Å². The highest BCUT2D eigenvalue weighted by Crippen LogP contribution is 2.54. The van der Waals surface area contributed by atoms with Gasteiger partial charge in [0, 0.05) is 5.92 Å². The molecule has 1 aromatic rings. The summed E-state index contributed by atoms with van der Waals surface area (Å²) in [5.74, 6) is -0.196. The van der Waals surface area contributed by atoms with Crippen molar-refractivity contribution in [2.45, 2.75) is 39.0 Å². The maximum Gasteiger partial charge on any atom is 0.310 e. The lowest BCUT2D eigenvalue weighted by molar-refractivity contribution is -0.153. The molecule has 2 aliphatic carbocycles. The summed E-state index contributed by atoms with van der Waals surface area (Å²) in [6, 6.07) is 6.46. The van der Waals surface area contributed by atoms with Gasteiger partial charge in [0.2, 0.25) is 0 Å². The SMILES string of the molecule is CC1Cc2cccc3c2C(CC3)C1(C)C(=O)O. The predicted octanol–water partition coefficient (Wildman–Crippen LogP) is 3.00. The van der Waals surface area contributed by atoms with Gasteiger partial charge in [-0.25, -0.2) is 0 Å². The Morgan fingerprint density at radius 1 is 1.41 bits per heavy atom. The highest BCUT2D eigenvalue weighted by molar-refractivity contribution is 5.77. The van der Waals surface area contributed by atoms with E-state index in [0.717, 1.165) is 19.3 Å². The van der Waals surface area contributed by atoms with Gasteiger partial charge in [-0.3, -0.25) is 4.79 Å². The molecule has 1 N–H and O–H groups in total. The van der Waals surface area contributed by atoms with Gasteiger partial charge in [-0.2, -0.15) is 0 Å². The molecule has 90 valence electrons. The monoisotopic (exact) mass is 230 g/mol. The second-order valence-electron chi connectivity index (χ2n) is 5.77. The quantitative estimate of drug-likeness (QED) is 0.805. The van der Waals surface area contributed by atoms with Gasteiger partial charge in [0.1, 0.15) is 0 Å². The highest BCUT2D eigenvalue weighted by atomic mass is 16.4. The van der Waals surface area contributed by atoms with Gasteiger partial charge in [0.25, 0.3) is 0 Å². The van der Waals surface area contributed by atoms with Gasteiger partial charge in [-0.15, -0.1) is 0 Å². The maximum absolute atomic E-state index is 11.7. The van der Waals surface area contributed by atoms with E-state index < -0.39 is 11.4 Å². The number of rotatable bonds is 1. The van der Waals surface area contributed by atoms with Gasteiger partial charge < -0.3 is 5.11 Å². The van der Waals surface area contributed by atoms with Crippen molar-refractivity contribution in [1.82, 2.24) is 0 Å². The Morgan fingerprint density at radius 3 is 2.82 bits per heavy atom. The average molecular weight is 230 g/mol. The van der Waals surface area contributed by atoms with E-state index in [0.29, 0.717) is 0 Å². The second kappa shape index (κ2) is 3.34. The fraction of sp³-hybridized carbons (Fsp3) is 0.533. The first-order valence-corrected chi connectivity index (χ1v) is 6.39. The first kappa shape index (κ1) is 10.8. The van der Waals surface area contributed by atoms with Crippen LogP contribution in [0.25, 0.3) is 0 Å². The number of benzene rings is 1. The molecule has 0 fully saturated rings. The summed E-state index contributed by atoms with van der Waals surface area (Å²) < 4.78 is 0. The Hall–Kier alpha value is -1.31. The maximum atomic E-state index is 11.7.